The summed E-state index contributed by atoms with van der Waals surface area (Å²) in [5, 5.41) is 0. The molecule has 1 heterocycles. The number of benzene rings is 1. The van der Waals surface area contributed by atoms with Gasteiger partial charge in [0.2, 0.25) is 5.91 Å². The summed E-state index contributed by atoms with van der Waals surface area (Å²) in [6.45, 7) is 2.76. The van der Waals surface area contributed by atoms with Gasteiger partial charge in [0.1, 0.15) is 5.82 Å². The van der Waals surface area contributed by atoms with Crippen molar-refractivity contribution < 1.29 is 18.7 Å². The summed E-state index contributed by atoms with van der Waals surface area (Å²) in [5.74, 6) is -0.452. The standard InChI is InChI=1S/C17H22FNO3/c1-3-4-17(21)22-11-13-10-19(2)16(20)9-15(13)12-5-7-14(18)8-6-12/h5-8,13,15H,3-4,9-11H2,1-2H3/t13-,15-/m1/s1. The molecule has 0 spiro atoms. The van der Waals surface area contributed by atoms with Crippen LogP contribution in [0.5, 0.6) is 0 Å². The quantitative estimate of drug-likeness (QED) is 0.786. The lowest BCUT2D eigenvalue weighted by atomic mass is 9.80. The van der Waals surface area contributed by atoms with Crippen molar-refractivity contribution in [1.82, 2.24) is 4.90 Å². The minimum atomic E-state index is -0.297. The number of hydrogen-bond donors (Lipinski definition) is 0. The van der Waals surface area contributed by atoms with E-state index in [0.717, 1.165) is 12.0 Å². The summed E-state index contributed by atoms with van der Waals surface area (Å²) in [5.41, 5.74) is 0.916. The average Bonchev–Trinajstić information content (AvgIpc) is 2.49. The number of carbonyl (C=O) groups is 2. The van der Waals surface area contributed by atoms with Gasteiger partial charge >= 0.3 is 5.97 Å². The van der Waals surface area contributed by atoms with Crippen molar-refractivity contribution in [3.05, 3.63) is 35.6 Å². The van der Waals surface area contributed by atoms with Gasteiger partial charge in [-0.2, -0.15) is 0 Å². The molecular weight excluding hydrogens is 285 g/mol. The van der Waals surface area contributed by atoms with E-state index < -0.39 is 0 Å². The van der Waals surface area contributed by atoms with Gasteiger partial charge in [-0.1, -0.05) is 19.1 Å². The summed E-state index contributed by atoms with van der Waals surface area (Å²) < 4.78 is 18.4. The molecule has 1 aliphatic rings. The van der Waals surface area contributed by atoms with E-state index in [1.807, 2.05) is 6.92 Å². The largest absolute Gasteiger partial charge is 0.465 e. The highest BCUT2D eigenvalue weighted by Crippen LogP contribution is 2.33. The Morgan fingerprint density at radius 2 is 2.05 bits per heavy atom. The van der Waals surface area contributed by atoms with Gasteiger partial charge < -0.3 is 9.64 Å². The number of esters is 1. The maximum atomic E-state index is 13.1. The van der Waals surface area contributed by atoms with Crippen molar-refractivity contribution >= 4 is 11.9 Å². The number of nitrogens with zero attached hydrogens (tertiary/aromatic N) is 1. The van der Waals surface area contributed by atoms with Crippen LogP contribution in [-0.2, 0) is 14.3 Å². The highest BCUT2D eigenvalue weighted by molar-refractivity contribution is 5.78. The molecule has 1 aromatic carbocycles. The number of likely N-dealkylation sites (tertiary alicyclic amines) is 1. The van der Waals surface area contributed by atoms with Crippen LogP contribution in [0.25, 0.3) is 0 Å². The second-order valence-corrected chi connectivity index (χ2v) is 5.83. The van der Waals surface area contributed by atoms with E-state index in [2.05, 4.69) is 0 Å². The summed E-state index contributed by atoms with van der Waals surface area (Å²) in [7, 11) is 1.75. The Labute approximate surface area is 130 Å². The third-order valence-corrected chi connectivity index (χ3v) is 4.11. The van der Waals surface area contributed by atoms with Crippen LogP contribution in [-0.4, -0.2) is 37.0 Å². The van der Waals surface area contributed by atoms with Gasteiger partial charge in [0.05, 0.1) is 6.61 Å². The van der Waals surface area contributed by atoms with Gasteiger partial charge in [0.25, 0.3) is 0 Å². The molecule has 120 valence electrons. The lowest BCUT2D eigenvalue weighted by Gasteiger charge is -2.36. The van der Waals surface area contributed by atoms with Crippen LogP contribution in [0.3, 0.4) is 0 Å². The first-order chi connectivity index (χ1) is 10.5. The number of amides is 1. The van der Waals surface area contributed by atoms with Crippen molar-refractivity contribution in [1.29, 1.82) is 0 Å². The van der Waals surface area contributed by atoms with E-state index >= 15 is 0 Å². The molecule has 1 amide bonds. The molecule has 4 nitrogen and oxygen atoms in total. The van der Waals surface area contributed by atoms with Gasteiger partial charge in [-0.05, 0) is 24.1 Å². The zero-order valence-electron chi connectivity index (χ0n) is 13.0. The van der Waals surface area contributed by atoms with Crippen molar-refractivity contribution in [3.63, 3.8) is 0 Å². The molecule has 1 fully saturated rings. The van der Waals surface area contributed by atoms with Gasteiger partial charge in [-0.15, -0.1) is 0 Å². The zero-order chi connectivity index (χ0) is 16.1. The molecule has 2 atom stereocenters. The lowest BCUT2D eigenvalue weighted by Crippen LogP contribution is -2.43. The number of piperidine rings is 1. The summed E-state index contributed by atoms with van der Waals surface area (Å²) in [4.78, 5) is 25.2. The minimum Gasteiger partial charge on any atom is -0.465 e. The Bertz CT molecular complexity index is 529. The van der Waals surface area contributed by atoms with Gasteiger partial charge in [-0.25, -0.2) is 4.39 Å². The first-order valence-corrected chi connectivity index (χ1v) is 7.66. The SMILES string of the molecule is CCCC(=O)OC[C@H]1CN(C)C(=O)C[C@@H]1c1ccc(F)cc1. The van der Waals surface area contributed by atoms with E-state index in [9.17, 15) is 14.0 Å². The van der Waals surface area contributed by atoms with E-state index in [0.29, 0.717) is 26.0 Å². The van der Waals surface area contributed by atoms with Gasteiger partial charge in [-0.3, -0.25) is 9.59 Å². The molecule has 1 saturated heterocycles. The van der Waals surface area contributed by atoms with E-state index in [1.54, 1.807) is 24.1 Å². The molecule has 1 aliphatic heterocycles. The predicted molar refractivity (Wildman–Crippen MR) is 80.8 cm³/mol. The van der Waals surface area contributed by atoms with Crippen LogP contribution < -0.4 is 0 Å². The molecule has 0 radical (unpaired) electrons. The number of halogens is 1. The maximum absolute atomic E-state index is 13.1. The lowest BCUT2D eigenvalue weighted by molar-refractivity contribution is -0.146. The molecule has 0 unspecified atom stereocenters. The number of ether oxygens (including phenoxy) is 1. The molecule has 0 aromatic heterocycles. The fraction of sp³-hybridized carbons (Fsp3) is 0.529. The molecule has 2 rings (SSSR count). The third kappa shape index (κ3) is 4.06. The second-order valence-electron chi connectivity index (χ2n) is 5.83. The Morgan fingerprint density at radius 3 is 2.68 bits per heavy atom. The van der Waals surface area contributed by atoms with Crippen molar-refractivity contribution in [2.24, 2.45) is 5.92 Å². The monoisotopic (exact) mass is 307 g/mol. The average molecular weight is 307 g/mol. The van der Waals surface area contributed by atoms with Crippen molar-refractivity contribution in [2.75, 3.05) is 20.2 Å². The van der Waals surface area contributed by atoms with Crippen LogP contribution in [0.4, 0.5) is 4.39 Å². The number of hydrogen-bond acceptors (Lipinski definition) is 3. The van der Waals surface area contributed by atoms with E-state index in [4.69, 9.17) is 4.74 Å². The highest BCUT2D eigenvalue weighted by atomic mass is 19.1. The molecular formula is C17H22FNO3. The molecule has 5 heteroatoms. The Kier molecular flexibility index (Phi) is 5.52. The second kappa shape index (κ2) is 7.38. The minimum absolute atomic E-state index is 0.0361. The fourth-order valence-corrected chi connectivity index (χ4v) is 2.84. The topological polar surface area (TPSA) is 46.6 Å². The van der Waals surface area contributed by atoms with Gasteiger partial charge in [0.15, 0.2) is 0 Å². The highest BCUT2D eigenvalue weighted by Gasteiger charge is 2.34. The molecule has 22 heavy (non-hydrogen) atoms. The Balaban J connectivity index is 2.10. The maximum Gasteiger partial charge on any atom is 0.305 e. The first kappa shape index (κ1) is 16.5. The molecule has 0 N–H and O–H groups in total. The first-order valence-electron chi connectivity index (χ1n) is 7.66. The zero-order valence-corrected chi connectivity index (χ0v) is 13.0. The summed E-state index contributed by atoms with van der Waals surface area (Å²) in [6, 6.07) is 6.22. The van der Waals surface area contributed by atoms with E-state index in [1.165, 1.54) is 12.1 Å². The molecule has 0 aliphatic carbocycles. The van der Waals surface area contributed by atoms with Crippen LogP contribution >= 0.6 is 0 Å². The molecule has 1 aromatic rings. The van der Waals surface area contributed by atoms with Crippen LogP contribution in [0.15, 0.2) is 24.3 Å². The van der Waals surface area contributed by atoms with Gasteiger partial charge in [0, 0.05) is 38.3 Å². The number of carbonyl (C=O) groups excluding carboxylic acids is 2. The van der Waals surface area contributed by atoms with E-state index in [-0.39, 0.29) is 29.5 Å². The summed E-state index contributed by atoms with van der Waals surface area (Å²) in [6.07, 6.45) is 1.52. The van der Waals surface area contributed by atoms with Crippen molar-refractivity contribution in [3.8, 4) is 0 Å². The smallest absolute Gasteiger partial charge is 0.305 e. The fourth-order valence-electron chi connectivity index (χ4n) is 2.84. The Morgan fingerprint density at radius 1 is 1.36 bits per heavy atom. The molecule has 0 bridgehead atoms. The van der Waals surface area contributed by atoms with Crippen LogP contribution in [0.2, 0.25) is 0 Å². The Hall–Kier alpha value is -1.91. The third-order valence-electron chi connectivity index (χ3n) is 4.11. The van der Waals surface area contributed by atoms with Crippen molar-refractivity contribution in [2.45, 2.75) is 32.1 Å². The number of rotatable bonds is 5. The predicted octanol–water partition coefficient (Wildman–Crippen LogP) is 2.73. The summed E-state index contributed by atoms with van der Waals surface area (Å²) >= 11 is 0. The van der Waals surface area contributed by atoms with Crippen LogP contribution in [0.1, 0.15) is 37.7 Å². The van der Waals surface area contributed by atoms with Crippen LogP contribution in [0, 0.1) is 11.7 Å². The normalized spacial score (nSPS) is 21.8. The molecule has 0 saturated carbocycles.